The lowest BCUT2D eigenvalue weighted by molar-refractivity contribution is -0.0328. The fraction of sp³-hybridized carbons (Fsp3) is 0.240. The van der Waals surface area contributed by atoms with Gasteiger partial charge in [0.25, 0.3) is 5.91 Å². The molecular formula is C25H24F3N5O3S. The maximum absolute atomic E-state index is 12.7. The van der Waals surface area contributed by atoms with Crippen LogP contribution in [-0.4, -0.2) is 32.6 Å². The van der Waals surface area contributed by atoms with Gasteiger partial charge in [0.05, 0.1) is 17.6 Å². The van der Waals surface area contributed by atoms with Crippen LogP contribution < -0.4 is 15.5 Å². The molecule has 4 rings (SSSR count). The minimum absolute atomic E-state index is 0.0730. The van der Waals surface area contributed by atoms with Gasteiger partial charge >= 0.3 is 5.51 Å². The molecule has 0 unspecified atom stereocenters. The SMILES string of the molecule is CC(C)CONC(=O)c1cc(Oc2ccc3c(c2)nc(Nc2cccc(SC(F)(F)F)c2)n3C)ccn1. The molecule has 8 nitrogen and oxygen atoms in total. The highest BCUT2D eigenvalue weighted by atomic mass is 32.2. The monoisotopic (exact) mass is 531 g/mol. The number of hydroxylamine groups is 1. The molecule has 2 N–H and O–H groups in total. The molecule has 37 heavy (non-hydrogen) atoms. The maximum Gasteiger partial charge on any atom is 0.446 e. The lowest BCUT2D eigenvalue weighted by Gasteiger charge is -2.09. The quantitative estimate of drug-likeness (QED) is 0.190. The predicted molar refractivity (Wildman–Crippen MR) is 135 cm³/mol. The van der Waals surface area contributed by atoms with Crippen LogP contribution in [0.5, 0.6) is 11.5 Å². The third-order valence-electron chi connectivity index (χ3n) is 4.96. The first-order valence-electron chi connectivity index (χ1n) is 11.2. The van der Waals surface area contributed by atoms with Gasteiger partial charge in [-0.3, -0.25) is 14.6 Å². The van der Waals surface area contributed by atoms with Gasteiger partial charge in [0, 0.05) is 36.0 Å². The molecule has 194 valence electrons. The number of alkyl halides is 3. The molecule has 1 amide bonds. The van der Waals surface area contributed by atoms with Crippen LogP contribution in [0.25, 0.3) is 11.0 Å². The summed E-state index contributed by atoms with van der Waals surface area (Å²) in [6.45, 7) is 4.30. The van der Waals surface area contributed by atoms with Crippen molar-refractivity contribution in [2.24, 2.45) is 13.0 Å². The van der Waals surface area contributed by atoms with Crippen LogP contribution in [0.2, 0.25) is 0 Å². The zero-order valence-corrected chi connectivity index (χ0v) is 21.0. The largest absolute Gasteiger partial charge is 0.457 e. The minimum atomic E-state index is -4.37. The zero-order valence-electron chi connectivity index (χ0n) is 20.2. The molecule has 2 aromatic carbocycles. The van der Waals surface area contributed by atoms with E-state index < -0.39 is 11.4 Å². The van der Waals surface area contributed by atoms with Gasteiger partial charge in [-0.1, -0.05) is 19.9 Å². The molecule has 4 aromatic rings. The number of halogens is 3. The Labute approximate surface area is 215 Å². The number of aryl methyl sites for hydroxylation is 1. The number of imidazole rings is 1. The number of carbonyl (C=O) groups excluding carboxylic acids is 1. The molecule has 0 saturated heterocycles. The van der Waals surface area contributed by atoms with Crippen LogP contribution in [0.4, 0.5) is 24.8 Å². The van der Waals surface area contributed by atoms with Crippen molar-refractivity contribution in [3.8, 4) is 11.5 Å². The summed E-state index contributed by atoms with van der Waals surface area (Å²) in [7, 11) is 1.79. The lowest BCUT2D eigenvalue weighted by atomic mass is 10.2. The summed E-state index contributed by atoms with van der Waals surface area (Å²) >= 11 is -0.175. The third kappa shape index (κ3) is 7.14. The Morgan fingerprint density at radius 2 is 1.89 bits per heavy atom. The van der Waals surface area contributed by atoms with Gasteiger partial charge in [0.1, 0.15) is 17.2 Å². The Morgan fingerprint density at radius 3 is 2.65 bits per heavy atom. The smallest absolute Gasteiger partial charge is 0.446 e. The van der Waals surface area contributed by atoms with Gasteiger partial charge in [-0.15, -0.1) is 0 Å². The standard InChI is InChI=1S/C25H24F3N5O3S/c1-15(2)14-35-32-23(34)21-13-18(9-10-29-21)36-17-7-8-22-20(12-17)31-24(33(22)3)30-16-5-4-6-19(11-16)37-25(26,27)28/h4-13,15H,14H2,1-3H3,(H,30,31)(H,32,34). The maximum atomic E-state index is 12.7. The van der Waals surface area contributed by atoms with Crippen molar-refractivity contribution in [2.45, 2.75) is 24.3 Å². The van der Waals surface area contributed by atoms with Gasteiger partial charge in [-0.2, -0.15) is 13.2 Å². The molecule has 12 heteroatoms. The van der Waals surface area contributed by atoms with Crippen LogP contribution in [0.15, 0.2) is 65.7 Å². The van der Waals surface area contributed by atoms with Gasteiger partial charge in [-0.25, -0.2) is 10.5 Å². The van der Waals surface area contributed by atoms with E-state index in [1.807, 2.05) is 19.9 Å². The Hall–Kier alpha value is -3.77. The zero-order chi connectivity index (χ0) is 26.6. The number of hydrogen-bond donors (Lipinski definition) is 2. The van der Waals surface area contributed by atoms with Crippen molar-refractivity contribution in [1.82, 2.24) is 20.0 Å². The fourth-order valence-electron chi connectivity index (χ4n) is 3.32. The molecule has 0 fully saturated rings. The number of carbonyl (C=O) groups is 1. The normalized spacial score (nSPS) is 11.6. The highest BCUT2D eigenvalue weighted by Crippen LogP contribution is 2.38. The molecule has 2 aromatic heterocycles. The number of nitrogens with zero attached hydrogens (tertiary/aromatic N) is 3. The van der Waals surface area contributed by atoms with Crippen molar-refractivity contribution in [2.75, 3.05) is 11.9 Å². The predicted octanol–water partition coefficient (Wildman–Crippen LogP) is 6.43. The number of fused-ring (bicyclic) bond motifs is 1. The highest BCUT2D eigenvalue weighted by Gasteiger charge is 2.29. The second-order valence-electron chi connectivity index (χ2n) is 8.46. The van der Waals surface area contributed by atoms with E-state index in [0.717, 1.165) is 5.52 Å². The Bertz CT molecular complexity index is 1410. The Balaban J connectivity index is 1.48. The summed E-state index contributed by atoms with van der Waals surface area (Å²) in [5.74, 6) is 1.11. The second-order valence-corrected chi connectivity index (χ2v) is 9.60. The van der Waals surface area contributed by atoms with E-state index in [1.165, 1.54) is 24.4 Å². The highest BCUT2D eigenvalue weighted by molar-refractivity contribution is 8.00. The number of amides is 1. The summed E-state index contributed by atoms with van der Waals surface area (Å²) in [4.78, 5) is 26.1. The number of ether oxygens (including phenoxy) is 1. The summed E-state index contributed by atoms with van der Waals surface area (Å²) in [5, 5.41) is 3.07. The average Bonchev–Trinajstić information content (AvgIpc) is 3.12. The molecule has 0 bridgehead atoms. The van der Waals surface area contributed by atoms with Crippen LogP contribution in [0, 0.1) is 5.92 Å². The number of hydrogen-bond acceptors (Lipinski definition) is 7. The topological polar surface area (TPSA) is 90.3 Å². The molecule has 2 heterocycles. The molecule has 0 aliphatic carbocycles. The molecule has 0 atom stereocenters. The summed E-state index contributed by atoms with van der Waals surface area (Å²) in [5.41, 5.74) is -0.00563. The van der Waals surface area contributed by atoms with Crippen molar-refractivity contribution >= 4 is 40.3 Å². The summed E-state index contributed by atoms with van der Waals surface area (Å²) in [6.07, 6.45) is 1.46. The Morgan fingerprint density at radius 1 is 1.11 bits per heavy atom. The van der Waals surface area contributed by atoms with E-state index >= 15 is 0 Å². The van der Waals surface area contributed by atoms with E-state index in [0.29, 0.717) is 35.3 Å². The van der Waals surface area contributed by atoms with Gasteiger partial charge in [-0.05, 0) is 54.1 Å². The number of benzene rings is 2. The van der Waals surface area contributed by atoms with Crippen LogP contribution >= 0.6 is 11.8 Å². The van der Waals surface area contributed by atoms with Gasteiger partial charge in [0.2, 0.25) is 5.95 Å². The number of anilines is 2. The first kappa shape index (κ1) is 26.3. The van der Waals surface area contributed by atoms with Crippen molar-refractivity contribution in [3.05, 3.63) is 66.5 Å². The van der Waals surface area contributed by atoms with E-state index in [-0.39, 0.29) is 28.3 Å². The van der Waals surface area contributed by atoms with Gasteiger partial charge in [0.15, 0.2) is 0 Å². The molecule has 0 saturated carbocycles. The average molecular weight is 532 g/mol. The number of nitrogens with one attached hydrogen (secondary N) is 2. The van der Waals surface area contributed by atoms with Crippen LogP contribution in [0.1, 0.15) is 24.3 Å². The lowest BCUT2D eigenvalue weighted by Crippen LogP contribution is -2.26. The molecule has 0 aliphatic rings. The number of rotatable bonds is 9. The van der Waals surface area contributed by atoms with E-state index in [2.05, 4.69) is 20.8 Å². The van der Waals surface area contributed by atoms with E-state index in [1.54, 1.807) is 41.9 Å². The van der Waals surface area contributed by atoms with Crippen molar-refractivity contribution in [1.29, 1.82) is 0 Å². The summed E-state index contributed by atoms with van der Waals surface area (Å²) < 4.78 is 45.9. The van der Waals surface area contributed by atoms with E-state index in [4.69, 9.17) is 9.57 Å². The van der Waals surface area contributed by atoms with Crippen LogP contribution in [-0.2, 0) is 11.9 Å². The summed E-state index contributed by atoms with van der Waals surface area (Å²) in [6, 6.07) is 14.4. The van der Waals surface area contributed by atoms with Crippen molar-refractivity contribution in [3.63, 3.8) is 0 Å². The molecule has 0 spiro atoms. The molecular weight excluding hydrogens is 507 g/mol. The second kappa shape index (κ2) is 11.1. The first-order valence-corrected chi connectivity index (χ1v) is 12.0. The Kier molecular flexibility index (Phi) is 7.89. The van der Waals surface area contributed by atoms with Crippen molar-refractivity contribution < 1.29 is 27.5 Å². The fourth-order valence-corrected chi connectivity index (χ4v) is 3.92. The number of aromatic nitrogens is 3. The first-order chi connectivity index (χ1) is 17.6. The third-order valence-corrected chi connectivity index (χ3v) is 5.68. The minimum Gasteiger partial charge on any atom is -0.457 e. The molecule has 0 aliphatic heterocycles. The molecule has 0 radical (unpaired) electrons. The number of thioether (sulfide) groups is 1. The van der Waals surface area contributed by atoms with Gasteiger partial charge < -0.3 is 14.6 Å². The van der Waals surface area contributed by atoms with Crippen LogP contribution in [0.3, 0.4) is 0 Å². The number of pyridine rings is 1. The van der Waals surface area contributed by atoms with E-state index in [9.17, 15) is 18.0 Å².